The van der Waals surface area contributed by atoms with Crippen molar-refractivity contribution in [2.45, 2.75) is 70.5 Å². The van der Waals surface area contributed by atoms with Crippen LogP contribution in [0.5, 0.6) is 5.75 Å². The molecule has 0 aliphatic heterocycles. The largest absolute Gasteiger partial charge is 0.489 e. The molecule has 2 saturated carbocycles. The van der Waals surface area contributed by atoms with Gasteiger partial charge in [0, 0.05) is 6.42 Å². The van der Waals surface area contributed by atoms with Crippen molar-refractivity contribution in [2.24, 2.45) is 23.2 Å². The van der Waals surface area contributed by atoms with E-state index in [2.05, 4.69) is 37.3 Å². The highest BCUT2D eigenvalue weighted by molar-refractivity contribution is 5.69. The molecule has 0 radical (unpaired) electrons. The van der Waals surface area contributed by atoms with Gasteiger partial charge in [-0.1, -0.05) is 43.3 Å². The van der Waals surface area contributed by atoms with Gasteiger partial charge < -0.3 is 14.6 Å². The molecule has 4 heteroatoms. The Balaban J connectivity index is 1.29. The van der Waals surface area contributed by atoms with Gasteiger partial charge in [-0.2, -0.15) is 0 Å². The maximum Gasteiger partial charge on any atom is 0.305 e. The van der Waals surface area contributed by atoms with Crippen molar-refractivity contribution in [3.8, 4) is 5.75 Å². The number of hydrogen-bond acceptors (Lipinski definition) is 4. The first-order valence-electron chi connectivity index (χ1n) is 12.5. The number of carbonyl (C=O) groups is 1. The standard InChI is InChI=1S/C29H36O4/c1-29-15-14-24-23-12-10-22(33-18-19-6-4-3-5-7-19)16-20(23)8-11-25(24)26(29)17-21(28(29)31)9-13-27(30)32-2/h3-7,10,12,16,21,24-26,28,31H,8-9,11,13-15,17-18H2,1-2H3/t21-,24-,25-,26+,28+,29+/m1/s1. The number of aliphatic hydroxyl groups is 1. The average molecular weight is 449 g/mol. The number of benzene rings is 2. The summed E-state index contributed by atoms with van der Waals surface area (Å²) in [4.78, 5) is 11.7. The molecule has 0 bridgehead atoms. The minimum absolute atomic E-state index is 0.0296. The van der Waals surface area contributed by atoms with Crippen LogP contribution in [-0.4, -0.2) is 24.3 Å². The summed E-state index contributed by atoms with van der Waals surface area (Å²) >= 11 is 0. The average Bonchev–Trinajstić information content (AvgIpc) is 3.11. The Labute approximate surface area is 197 Å². The highest BCUT2D eigenvalue weighted by Crippen LogP contribution is 2.62. The SMILES string of the molecule is COC(=O)CC[C@@H]1C[C@H]2[C@@H]3CCc4cc(OCc5ccccc5)ccc4[C@H]3CC[C@]2(C)[C@H]1O. The van der Waals surface area contributed by atoms with Crippen LogP contribution in [0.2, 0.25) is 0 Å². The number of ether oxygens (including phenoxy) is 2. The van der Waals surface area contributed by atoms with E-state index in [-0.39, 0.29) is 23.4 Å². The molecule has 6 atom stereocenters. The molecule has 5 rings (SSSR count). The fraction of sp³-hybridized carbons (Fsp3) is 0.552. The molecule has 3 aliphatic rings. The van der Waals surface area contributed by atoms with E-state index in [0.717, 1.165) is 37.9 Å². The van der Waals surface area contributed by atoms with Gasteiger partial charge in [-0.3, -0.25) is 4.79 Å². The summed E-state index contributed by atoms with van der Waals surface area (Å²) in [5, 5.41) is 11.2. The minimum atomic E-state index is -0.316. The second-order valence-electron chi connectivity index (χ2n) is 10.7. The highest BCUT2D eigenvalue weighted by atomic mass is 16.5. The van der Waals surface area contributed by atoms with Crippen molar-refractivity contribution in [3.63, 3.8) is 0 Å². The molecule has 2 fully saturated rings. The van der Waals surface area contributed by atoms with Crippen LogP contribution >= 0.6 is 0 Å². The van der Waals surface area contributed by atoms with Crippen molar-refractivity contribution in [1.82, 2.24) is 0 Å². The first-order valence-corrected chi connectivity index (χ1v) is 12.5. The molecule has 4 nitrogen and oxygen atoms in total. The van der Waals surface area contributed by atoms with Crippen molar-refractivity contribution in [2.75, 3.05) is 7.11 Å². The molecule has 33 heavy (non-hydrogen) atoms. The van der Waals surface area contributed by atoms with E-state index >= 15 is 0 Å². The van der Waals surface area contributed by atoms with Crippen LogP contribution in [0.4, 0.5) is 0 Å². The van der Waals surface area contributed by atoms with Crippen LogP contribution in [0, 0.1) is 23.2 Å². The second-order valence-corrected chi connectivity index (χ2v) is 10.7. The van der Waals surface area contributed by atoms with Gasteiger partial charge in [0.05, 0.1) is 13.2 Å². The van der Waals surface area contributed by atoms with Gasteiger partial charge in [0.15, 0.2) is 0 Å². The zero-order chi connectivity index (χ0) is 23.0. The van der Waals surface area contributed by atoms with Crippen molar-refractivity contribution >= 4 is 5.97 Å². The number of aliphatic hydroxyl groups excluding tert-OH is 1. The second kappa shape index (κ2) is 9.13. The van der Waals surface area contributed by atoms with Crippen LogP contribution in [0.15, 0.2) is 48.5 Å². The summed E-state index contributed by atoms with van der Waals surface area (Å²) in [5.74, 6) is 2.70. The molecule has 0 aromatic heterocycles. The molecule has 3 aliphatic carbocycles. The fourth-order valence-electron chi connectivity index (χ4n) is 7.22. The monoisotopic (exact) mass is 448 g/mol. The Morgan fingerprint density at radius 1 is 1.15 bits per heavy atom. The Hall–Kier alpha value is -2.33. The maximum absolute atomic E-state index is 11.7. The van der Waals surface area contributed by atoms with Crippen LogP contribution in [0.3, 0.4) is 0 Å². The summed E-state index contributed by atoms with van der Waals surface area (Å²) in [6, 6.07) is 17.0. The summed E-state index contributed by atoms with van der Waals surface area (Å²) < 4.78 is 10.9. The van der Waals surface area contributed by atoms with Crippen LogP contribution < -0.4 is 4.74 Å². The molecule has 2 aromatic rings. The van der Waals surface area contributed by atoms with Crippen molar-refractivity contribution in [1.29, 1.82) is 0 Å². The molecule has 1 N–H and O–H groups in total. The van der Waals surface area contributed by atoms with E-state index in [9.17, 15) is 9.90 Å². The summed E-state index contributed by atoms with van der Waals surface area (Å²) in [5.41, 5.74) is 4.08. The summed E-state index contributed by atoms with van der Waals surface area (Å²) in [6.07, 6.45) is 6.30. The molecular weight excluding hydrogens is 412 g/mol. The Kier molecular flexibility index (Phi) is 6.22. The summed E-state index contributed by atoms with van der Waals surface area (Å²) in [6.45, 7) is 2.89. The number of aryl methyl sites for hydroxylation is 1. The minimum Gasteiger partial charge on any atom is -0.489 e. The Morgan fingerprint density at radius 3 is 2.76 bits per heavy atom. The predicted octanol–water partition coefficient (Wildman–Crippen LogP) is 5.66. The van der Waals surface area contributed by atoms with Gasteiger partial charge in [0.25, 0.3) is 0 Å². The van der Waals surface area contributed by atoms with Gasteiger partial charge in [0.2, 0.25) is 0 Å². The zero-order valence-electron chi connectivity index (χ0n) is 19.8. The van der Waals surface area contributed by atoms with E-state index in [1.807, 2.05) is 18.2 Å². The first kappa shape index (κ1) is 22.5. The lowest BCUT2D eigenvalue weighted by atomic mass is 9.55. The molecule has 0 saturated heterocycles. The highest BCUT2D eigenvalue weighted by Gasteiger charge is 2.57. The number of rotatable bonds is 6. The molecule has 0 spiro atoms. The number of carbonyl (C=O) groups excluding carboxylic acids is 1. The number of methoxy groups -OCH3 is 1. The molecule has 176 valence electrons. The van der Waals surface area contributed by atoms with Gasteiger partial charge in [-0.15, -0.1) is 0 Å². The van der Waals surface area contributed by atoms with Crippen LogP contribution in [0.25, 0.3) is 0 Å². The van der Waals surface area contributed by atoms with Crippen LogP contribution in [-0.2, 0) is 22.6 Å². The number of esters is 1. The topological polar surface area (TPSA) is 55.8 Å². The van der Waals surface area contributed by atoms with Crippen molar-refractivity contribution in [3.05, 3.63) is 65.2 Å². The van der Waals surface area contributed by atoms with Gasteiger partial charge in [-0.05, 0) is 96.4 Å². The number of hydrogen-bond donors (Lipinski definition) is 1. The maximum atomic E-state index is 11.7. The molecule has 0 amide bonds. The number of fused-ring (bicyclic) bond motifs is 5. The van der Waals surface area contributed by atoms with Gasteiger partial charge in [-0.25, -0.2) is 0 Å². The molecule has 2 aromatic carbocycles. The smallest absolute Gasteiger partial charge is 0.305 e. The first-order chi connectivity index (χ1) is 16.0. The zero-order valence-corrected chi connectivity index (χ0v) is 19.8. The predicted molar refractivity (Wildman–Crippen MR) is 128 cm³/mol. The molecule has 0 unspecified atom stereocenters. The Bertz CT molecular complexity index is 986. The van der Waals surface area contributed by atoms with E-state index in [4.69, 9.17) is 9.47 Å². The lowest BCUT2D eigenvalue weighted by molar-refractivity contribution is -0.141. The van der Waals surface area contributed by atoms with E-state index in [0.29, 0.717) is 30.8 Å². The van der Waals surface area contributed by atoms with Crippen LogP contribution in [0.1, 0.15) is 68.1 Å². The normalized spacial score (nSPS) is 32.4. The van der Waals surface area contributed by atoms with Gasteiger partial charge in [0.1, 0.15) is 12.4 Å². The van der Waals surface area contributed by atoms with Gasteiger partial charge >= 0.3 is 5.97 Å². The third kappa shape index (κ3) is 4.19. The fourth-order valence-corrected chi connectivity index (χ4v) is 7.22. The van der Waals surface area contributed by atoms with E-state index < -0.39 is 0 Å². The third-order valence-electron chi connectivity index (χ3n) is 9.01. The molecular formula is C29H36O4. The lowest BCUT2D eigenvalue weighted by Gasteiger charge is -2.50. The molecule has 0 heterocycles. The third-order valence-corrected chi connectivity index (χ3v) is 9.01. The van der Waals surface area contributed by atoms with E-state index in [1.54, 1.807) is 0 Å². The van der Waals surface area contributed by atoms with E-state index in [1.165, 1.54) is 30.2 Å². The Morgan fingerprint density at radius 2 is 1.97 bits per heavy atom. The quantitative estimate of drug-likeness (QED) is 0.579. The summed E-state index contributed by atoms with van der Waals surface area (Å²) in [7, 11) is 1.44. The lowest BCUT2D eigenvalue weighted by Crippen LogP contribution is -2.44. The van der Waals surface area contributed by atoms with Crippen molar-refractivity contribution < 1.29 is 19.4 Å².